The number of benzene rings is 2. The van der Waals surface area contributed by atoms with E-state index >= 15 is 0 Å². The number of carbonyl (C=O) groups excluding carboxylic acids is 1. The number of hydrogen-bond donors (Lipinski definition) is 1. The van der Waals surface area contributed by atoms with Crippen LogP contribution in [0.1, 0.15) is 43.9 Å². The third kappa shape index (κ3) is 4.24. The van der Waals surface area contributed by atoms with Crippen LogP contribution >= 0.6 is 0 Å². The van der Waals surface area contributed by atoms with Crippen LogP contribution in [0.15, 0.2) is 48.7 Å². The number of carbonyl (C=O) groups is 1. The van der Waals surface area contributed by atoms with Crippen molar-refractivity contribution in [2.24, 2.45) is 0 Å². The Balaban J connectivity index is 1.32. The first-order valence-corrected chi connectivity index (χ1v) is 10.4. The van der Waals surface area contributed by atoms with Gasteiger partial charge < -0.3 is 19.4 Å². The van der Waals surface area contributed by atoms with Crippen molar-refractivity contribution in [2.75, 3.05) is 13.2 Å². The zero-order valence-corrected chi connectivity index (χ0v) is 17.1. The average Bonchev–Trinajstić information content (AvgIpc) is 3.11. The van der Waals surface area contributed by atoms with Gasteiger partial charge in [0.1, 0.15) is 13.2 Å². The van der Waals surface area contributed by atoms with Gasteiger partial charge >= 0.3 is 0 Å². The van der Waals surface area contributed by atoms with Gasteiger partial charge in [-0.1, -0.05) is 24.3 Å². The molecule has 0 radical (unpaired) electrons. The van der Waals surface area contributed by atoms with Crippen LogP contribution in [0.5, 0.6) is 11.5 Å². The summed E-state index contributed by atoms with van der Waals surface area (Å²) in [6.07, 6.45) is 4.47. The number of amides is 1. The van der Waals surface area contributed by atoms with Gasteiger partial charge in [-0.25, -0.2) is 0 Å². The van der Waals surface area contributed by atoms with Crippen LogP contribution < -0.4 is 14.8 Å². The number of rotatable bonds is 7. The number of aryl methyl sites for hydroxylation is 2. The first-order chi connectivity index (χ1) is 14.2. The Morgan fingerprint density at radius 1 is 1.14 bits per heavy atom. The lowest BCUT2D eigenvalue weighted by Gasteiger charge is -2.21. The van der Waals surface area contributed by atoms with E-state index in [1.54, 1.807) is 0 Å². The minimum atomic E-state index is -0.0691. The number of aromatic nitrogens is 1. The minimum Gasteiger partial charge on any atom is -0.486 e. The third-order valence-corrected chi connectivity index (χ3v) is 5.51. The molecule has 1 aliphatic heterocycles. The predicted octanol–water partition coefficient (Wildman–Crippen LogP) is 4.63. The number of ether oxygens (including phenoxy) is 2. The summed E-state index contributed by atoms with van der Waals surface area (Å²) in [5.41, 5.74) is 3.60. The molecule has 1 atom stereocenters. The van der Waals surface area contributed by atoms with Crippen LogP contribution in [0, 0.1) is 0 Å². The molecule has 0 aliphatic carbocycles. The van der Waals surface area contributed by atoms with E-state index in [2.05, 4.69) is 47.3 Å². The number of hydrogen-bond acceptors (Lipinski definition) is 3. The Morgan fingerprint density at radius 3 is 2.76 bits per heavy atom. The number of para-hydroxylation sites is 1. The first kappa shape index (κ1) is 19.4. The monoisotopic (exact) mass is 392 g/mol. The maximum atomic E-state index is 12.5. The molecule has 2 aromatic carbocycles. The van der Waals surface area contributed by atoms with Crippen molar-refractivity contribution in [3.8, 4) is 11.5 Å². The summed E-state index contributed by atoms with van der Waals surface area (Å²) in [5, 5.41) is 4.39. The topological polar surface area (TPSA) is 52.5 Å². The van der Waals surface area contributed by atoms with Gasteiger partial charge in [0.25, 0.3) is 0 Å². The molecule has 1 amide bonds. The summed E-state index contributed by atoms with van der Waals surface area (Å²) in [6, 6.07) is 14.3. The minimum absolute atomic E-state index is 0.0691. The number of fused-ring (bicyclic) bond motifs is 2. The molecule has 0 spiro atoms. The standard InChI is InChI=1S/C24H28N2O3/c1-3-26-16-19(20-8-4-5-9-21(20)26)7-6-10-24(27)25-17(2)18-11-12-22-23(15-18)29-14-13-28-22/h4-5,8-9,11-12,15-17H,3,6-7,10,13-14H2,1-2H3,(H,25,27). The third-order valence-electron chi connectivity index (χ3n) is 5.51. The Hall–Kier alpha value is -2.95. The van der Waals surface area contributed by atoms with E-state index in [4.69, 9.17) is 9.47 Å². The molecule has 1 N–H and O–H groups in total. The van der Waals surface area contributed by atoms with E-state index in [0.29, 0.717) is 19.6 Å². The van der Waals surface area contributed by atoms with Gasteiger partial charge in [0.15, 0.2) is 11.5 Å². The lowest BCUT2D eigenvalue weighted by molar-refractivity contribution is -0.121. The van der Waals surface area contributed by atoms with Crippen molar-refractivity contribution in [2.45, 2.75) is 45.7 Å². The van der Waals surface area contributed by atoms with E-state index in [0.717, 1.165) is 36.4 Å². The van der Waals surface area contributed by atoms with E-state index in [1.807, 2.05) is 25.1 Å². The molecule has 0 bridgehead atoms. The van der Waals surface area contributed by atoms with Crippen molar-refractivity contribution < 1.29 is 14.3 Å². The molecular formula is C24H28N2O3. The fourth-order valence-corrected chi connectivity index (χ4v) is 3.95. The maximum Gasteiger partial charge on any atom is 0.220 e. The highest BCUT2D eigenvalue weighted by molar-refractivity contribution is 5.84. The van der Waals surface area contributed by atoms with Gasteiger partial charge in [0, 0.05) is 30.1 Å². The maximum absolute atomic E-state index is 12.5. The molecule has 152 valence electrons. The molecule has 5 heteroatoms. The van der Waals surface area contributed by atoms with Crippen LogP contribution in [0.4, 0.5) is 0 Å². The van der Waals surface area contributed by atoms with E-state index in [1.165, 1.54) is 16.5 Å². The largest absolute Gasteiger partial charge is 0.486 e. The molecule has 5 nitrogen and oxygen atoms in total. The number of nitrogens with one attached hydrogen (secondary N) is 1. The van der Waals surface area contributed by atoms with E-state index in [9.17, 15) is 4.79 Å². The van der Waals surface area contributed by atoms with Crippen LogP contribution in [-0.2, 0) is 17.8 Å². The fourth-order valence-electron chi connectivity index (χ4n) is 3.95. The van der Waals surface area contributed by atoms with Gasteiger partial charge in [-0.15, -0.1) is 0 Å². The van der Waals surface area contributed by atoms with Crippen molar-refractivity contribution in [1.82, 2.24) is 9.88 Å². The highest BCUT2D eigenvalue weighted by Gasteiger charge is 2.16. The molecule has 1 aromatic heterocycles. The molecule has 1 unspecified atom stereocenters. The Bertz CT molecular complexity index is 1010. The summed E-state index contributed by atoms with van der Waals surface area (Å²) in [6.45, 7) is 6.25. The molecule has 1 aliphatic rings. The SMILES string of the molecule is CCn1cc(CCCC(=O)NC(C)c2ccc3c(c2)OCCO3)c2ccccc21. The van der Waals surface area contributed by atoms with Gasteiger partial charge in [-0.05, 0) is 56.0 Å². The molecule has 3 aromatic rings. The summed E-state index contributed by atoms with van der Waals surface area (Å²) in [4.78, 5) is 12.5. The summed E-state index contributed by atoms with van der Waals surface area (Å²) >= 11 is 0. The molecule has 4 rings (SSSR count). The summed E-state index contributed by atoms with van der Waals surface area (Å²) in [5.74, 6) is 1.60. The highest BCUT2D eigenvalue weighted by atomic mass is 16.6. The lowest BCUT2D eigenvalue weighted by Crippen LogP contribution is -2.26. The zero-order valence-electron chi connectivity index (χ0n) is 17.1. The summed E-state index contributed by atoms with van der Waals surface area (Å²) in [7, 11) is 0. The lowest BCUT2D eigenvalue weighted by atomic mass is 10.1. The Labute approximate surface area is 171 Å². The van der Waals surface area contributed by atoms with Gasteiger partial charge in [-0.3, -0.25) is 4.79 Å². The summed E-state index contributed by atoms with van der Waals surface area (Å²) < 4.78 is 13.5. The van der Waals surface area contributed by atoms with Gasteiger partial charge in [-0.2, -0.15) is 0 Å². The zero-order chi connectivity index (χ0) is 20.2. The average molecular weight is 392 g/mol. The van der Waals surface area contributed by atoms with Gasteiger partial charge in [0.05, 0.1) is 6.04 Å². The van der Waals surface area contributed by atoms with Crippen molar-refractivity contribution in [1.29, 1.82) is 0 Å². The molecular weight excluding hydrogens is 364 g/mol. The predicted molar refractivity (Wildman–Crippen MR) is 115 cm³/mol. The second-order valence-corrected chi connectivity index (χ2v) is 7.50. The number of nitrogens with zero attached hydrogens (tertiary/aromatic N) is 1. The van der Waals surface area contributed by atoms with Crippen molar-refractivity contribution in [3.63, 3.8) is 0 Å². The Morgan fingerprint density at radius 2 is 1.93 bits per heavy atom. The molecule has 29 heavy (non-hydrogen) atoms. The second-order valence-electron chi connectivity index (χ2n) is 7.50. The van der Waals surface area contributed by atoms with E-state index < -0.39 is 0 Å². The quantitative estimate of drug-likeness (QED) is 0.638. The van der Waals surface area contributed by atoms with Gasteiger partial charge in [0.2, 0.25) is 5.91 Å². The Kier molecular flexibility index (Phi) is 5.74. The molecule has 0 saturated carbocycles. The molecule has 0 saturated heterocycles. The van der Waals surface area contributed by atoms with E-state index in [-0.39, 0.29) is 11.9 Å². The normalized spacial score (nSPS) is 14.0. The smallest absolute Gasteiger partial charge is 0.220 e. The second kappa shape index (κ2) is 8.60. The highest BCUT2D eigenvalue weighted by Crippen LogP contribution is 2.32. The van der Waals surface area contributed by atoms with Crippen molar-refractivity contribution in [3.05, 3.63) is 59.8 Å². The van der Waals surface area contributed by atoms with Crippen LogP contribution in [0.25, 0.3) is 10.9 Å². The van der Waals surface area contributed by atoms with Crippen molar-refractivity contribution >= 4 is 16.8 Å². The van der Waals surface area contributed by atoms with Crippen LogP contribution in [-0.4, -0.2) is 23.7 Å². The molecule has 0 fully saturated rings. The van der Waals surface area contributed by atoms with Crippen LogP contribution in [0.2, 0.25) is 0 Å². The van der Waals surface area contributed by atoms with Crippen LogP contribution in [0.3, 0.4) is 0 Å². The molecule has 2 heterocycles. The fraction of sp³-hybridized carbons (Fsp3) is 0.375. The first-order valence-electron chi connectivity index (χ1n) is 10.4.